The Kier molecular flexibility index (Phi) is 3.70. The van der Waals surface area contributed by atoms with Crippen LogP contribution in [0.15, 0.2) is 18.3 Å². The lowest BCUT2D eigenvalue weighted by Gasteiger charge is -2.08. The first kappa shape index (κ1) is 12.3. The molecule has 1 heterocycles. The highest BCUT2D eigenvalue weighted by molar-refractivity contribution is 5.85. The Balaban J connectivity index is 2.55. The van der Waals surface area contributed by atoms with Crippen LogP contribution in [0.4, 0.5) is 13.2 Å². The quantitative estimate of drug-likeness (QED) is 0.868. The molecule has 16 heavy (non-hydrogen) atoms. The fourth-order valence-corrected chi connectivity index (χ4v) is 0.903. The van der Waals surface area contributed by atoms with Gasteiger partial charge in [-0.2, -0.15) is 13.2 Å². The third-order valence-corrected chi connectivity index (χ3v) is 1.60. The number of halogens is 3. The summed E-state index contributed by atoms with van der Waals surface area (Å²) in [5.74, 6) is -1.21. The molecule has 1 aromatic rings. The predicted octanol–water partition coefficient (Wildman–Crippen LogP) is 2.11. The maximum atomic E-state index is 11.8. The zero-order valence-electron chi connectivity index (χ0n) is 7.99. The molecule has 88 valence electrons. The Bertz CT molecular complexity index is 379. The Hall–Kier alpha value is -1.79. The van der Waals surface area contributed by atoms with Crippen LogP contribution in [0.1, 0.15) is 16.9 Å². The van der Waals surface area contributed by atoms with E-state index in [1.165, 1.54) is 6.07 Å². The lowest BCUT2D eigenvalue weighted by Crippen LogP contribution is -2.13. The smallest absolute Gasteiger partial charge is 0.392 e. The van der Waals surface area contributed by atoms with Crippen molar-refractivity contribution in [2.45, 2.75) is 12.6 Å². The summed E-state index contributed by atoms with van der Waals surface area (Å²) < 4.78 is 40.1. The van der Waals surface area contributed by atoms with Crippen LogP contribution in [-0.2, 0) is 0 Å². The highest BCUT2D eigenvalue weighted by atomic mass is 19.4. The SMILES string of the molecule is O=C(O)c1cc(OCCC(F)(F)F)ccn1. The molecule has 0 aromatic carbocycles. The number of nitrogens with zero attached hydrogens (tertiary/aromatic N) is 1. The van der Waals surface area contributed by atoms with Gasteiger partial charge in [0.15, 0.2) is 5.69 Å². The molecule has 0 radical (unpaired) electrons. The maximum Gasteiger partial charge on any atom is 0.392 e. The average molecular weight is 235 g/mol. The van der Waals surface area contributed by atoms with Gasteiger partial charge in [-0.25, -0.2) is 9.78 Å². The molecule has 7 heteroatoms. The van der Waals surface area contributed by atoms with Gasteiger partial charge in [0.25, 0.3) is 0 Å². The van der Waals surface area contributed by atoms with Crippen molar-refractivity contribution < 1.29 is 27.8 Å². The molecule has 0 saturated heterocycles. The number of aromatic nitrogens is 1. The molecule has 0 fully saturated rings. The van der Waals surface area contributed by atoms with Gasteiger partial charge in [0.1, 0.15) is 5.75 Å². The van der Waals surface area contributed by atoms with E-state index >= 15 is 0 Å². The number of carbonyl (C=O) groups is 1. The fraction of sp³-hybridized carbons (Fsp3) is 0.333. The van der Waals surface area contributed by atoms with E-state index in [9.17, 15) is 18.0 Å². The van der Waals surface area contributed by atoms with Crippen molar-refractivity contribution in [1.29, 1.82) is 0 Å². The van der Waals surface area contributed by atoms with Crippen molar-refractivity contribution in [1.82, 2.24) is 4.98 Å². The first-order valence-electron chi connectivity index (χ1n) is 4.27. The van der Waals surface area contributed by atoms with E-state index in [4.69, 9.17) is 9.84 Å². The lowest BCUT2D eigenvalue weighted by molar-refractivity contribution is -0.139. The summed E-state index contributed by atoms with van der Waals surface area (Å²) in [7, 11) is 0. The van der Waals surface area contributed by atoms with Gasteiger partial charge in [-0.15, -0.1) is 0 Å². The van der Waals surface area contributed by atoms with Gasteiger partial charge in [0.05, 0.1) is 13.0 Å². The maximum absolute atomic E-state index is 11.8. The summed E-state index contributed by atoms with van der Waals surface area (Å²) in [6.07, 6.45) is -4.22. The van der Waals surface area contributed by atoms with Crippen LogP contribution >= 0.6 is 0 Å². The van der Waals surface area contributed by atoms with Crippen LogP contribution < -0.4 is 4.74 Å². The summed E-state index contributed by atoms with van der Waals surface area (Å²) in [6.45, 7) is -0.549. The van der Waals surface area contributed by atoms with Crippen LogP contribution in [0.25, 0.3) is 0 Å². The number of aromatic carboxylic acids is 1. The van der Waals surface area contributed by atoms with Gasteiger partial charge in [-0.3, -0.25) is 0 Å². The lowest BCUT2D eigenvalue weighted by atomic mass is 10.3. The second-order valence-corrected chi connectivity index (χ2v) is 2.90. The van der Waals surface area contributed by atoms with Gasteiger partial charge in [0.2, 0.25) is 0 Å². The molecule has 0 saturated carbocycles. The number of rotatable bonds is 4. The second-order valence-electron chi connectivity index (χ2n) is 2.90. The van der Waals surface area contributed by atoms with Crippen LogP contribution in [0.5, 0.6) is 5.75 Å². The predicted molar refractivity (Wildman–Crippen MR) is 47.4 cm³/mol. The van der Waals surface area contributed by atoms with E-state index in [2.05, 4.69) is 4.98 Å². The van der Waals surface area contributed by atoms with Crippen LogP contribution in [-0.4, -0.2) is 28.8 Å². The number of carboxylic acid groups (broad SMARTS) is 1. The van der Waals surface area contributed by atoms with Gasteiger partial charge in [0, 0.05) is 12.3 Å². The van der Waals surface area contributed by atoms with E-state index in [0.29, 0.717) is 0 Å². The molecule has 0 aliphatic heterocycles. The standard InChI is InChI=1S/C9H8F3NO3/c10-9(11,12)2-4-16-6-1-3-13-7(5-6)8(14)15/h1,3,5H,2,4H2,(H,14,15). The molecule has 0 spiro atoms. The topological polar surface area (TPSA) is 59.4 Å². The molecule has 0 amide bonds. The summed E-state index contributed by atoms with van der Waals surface area (Å²) in [5, 5.41) is 8.57. The molecule has 4 nitrogen and oxygen atoms in total. The highest BCUT2D eigenvalue weighted by Crippen LogP contribution is 2.20. The minimum Gasteiger partial charge on any atom is -0.493 e. The van der Waals surface area contributed by atoms with Crippen molar-refractivity contribution in [3.63, 3.8) is 0 Å². The van der Waals surface area contributed by atoms with E-state index in [-0.39, 0.29) is 11.4 Å². The molecule has 0 bridgehead atoms. The Morgan fingerprint density at radius 2 is 2.19 bits per heavy atom. The fourth-order valence-electron chi connectivity index (χ4n) is 0.903. The average Bonchev–Trinajstić information content (AvgIpc) is 2.16. The van der Waals surface area contributed by atoms with Crippen molar-refractivity contribution in [3.05, 3.63) is 24.0 Å². The highest BCUT2D eigenvalue weighted by Gasteiger charge is 2.26. The van der Waals surface area contributed by atoms with E-state index in [1.54, 1.807) is 0 Å². The molecule has 0 aliphatic rings. The summed E-state index contributed by atoms with van der Waals surface area (Å²) in [5.41, 5.74) is -0.274. The zero-order valence-corrected chi connectivity index (χ0v) is 7.99. The first-order valence-corrected chi connectivity index (χ1v) is 4.27. The molecule has 0 unspecified atom stereocenters. The van der Waals surface area contributed by atoms with Gasteiger partial charge in [-0.1, -0.05) is 0 Å². The number of ether oxygens (including phenoxy) is 1. The van der Waals surface area contributed by atoms with Gasteiger partial charge in [-0.05, 0) is 6.07 Å². The zero-order chi connectivity index (χ0) is 12.2. The van der Waals surface area contributed by atoms with E-state index in [0.717, 1.165) is 12.3 Å². The largest absolute Gasteiger partial charge is 0.493 e. The molecule has 1 N–H and O–H groups in total. The van der Waals surface area contributed by atoms with Crippen LogP contribution in [0.3, 0.4) is 0 Å². The van der Waals surface area contributed by atoms with E-state index in [1.807, 2.05) is 0 Å². The van der Waals surface area contributed by atoms with Crippen molar-refractivity contribution in [2.24, 2.45) is 0 Å². The minimum absolute atomic E-state index is 0.0525. The Morgan fingerprint density at radius 3 is 2.75 bits per heavy atom. The second kappa shape index (κ2) is 4.82. The normalized spacial score (nSPS) is 11.2. The number of alkyl halides is 3. The van der Waals surface area contributed by atoms with Crippen LogP contribution in [0.2, 0.25) is 0 Å². The molecule has 0 atom stereocenters. The summed E-state index contributed by atoms with van der Waals surface area (Å²) >= 11 is 0. The van der Waals surface area contributed by atoms with Crippen molar-refractivity contribution in [2.75, 3.05) is 6.61 Å². The third kappa shape index (κ3) is 4.16. The Morgan fingerprint density at radius 1 is 1.50 bits per heavy atom. The number of carboxylic acids is 1. The van der Waals surface area contributed by atoms with Crippen LogP contribution in [0, 0.1) is 0 Å². The molecule has 1 rings (SSSR count). The molecule has 0 aliphatic carbocycles. The van der Waals surface area contributed by atoms with Crippen molar-refractivity contribution in [3.8, 4) is 5.75 Å². The number of hydrogen-bond acceptors (Lipinski definition) is 3. The molecular formula is C9H8F3NO3. The van der Waals surface area contributed by atoms with Crippen molar-refractivity contribution >= 4 is 5.97 Å². The minimum atomic E-state index is -4.29. The third-order valence-electron chi connectivity index (χ3n) is 1.60. The Labute approximate surface area is 88.7 Å². The van der Waals surface area contributed by atoms with Gasteiger partial charge >= 0.3 is 12.1 Å². The number of pyridine rings is 1. The summed E-state index contributed by atoms with van der Waals surface area (Å²) in [6, 6.07) is 2.36. The monoisotopic (exact) mass is 235 g/mol. The number of hydrogen-bond donors (Lipinski definition) is 1. The van der Waals surface area contributed by atoms with Gasteiger partial charge < -0.3 is 9.84 Å². The van der Waals surface area contributed by atoms with E-state index < -0.39 is 25.2 Å². The molecule has 1 aromatic heterocycles. The first-order chi connectivity index (χ1) is 7.38. The molecular weight excluding hydrogens is 227 g/mol. The summed E-state index contributed by atoms with van der Waals surface area (Å²) in [4.78, 5) is 14.0.